The summed E-state index contributed by atoms with van der Waals surface area (Å²) in [7, 11) is 1.66. The van der Waals surface area contributed by atoms with E-state index in [1.807, 2.05) is 0 Å². The van der Waals surface area contributed by atoms with E-state index in [0.29, 0.717) is 6.54 Å². The molecule has 1 saturated heterocycles. The average Bonchev–Trinajstić information content (AvgIpc) is 2.05. The third-order valence-electron chi connectivity index (χ3n) is 1.65. The van der Waals surface area contributed by atoms with Crippen LogP contribution in [-0.2, 0) is 4.79 Å². The Morgan fingerprint density at radius 1 is 1.80 bits per heavy atom. The van der Waals surface area contributed by atoms with Gasteiger partial charge in [-0.05, 0) is 6.42 Å². The zero-order valence-corrected chi connectivity index (χ0v) is 6.05. The van der Waals surface area contributed by atoms with E-state index in [0.717, 1.165) is 13.0 Å². The van der Waals surface area contributed by atoms with Crippen molar-refractivity contribution >= 4 is 5.91 Å². The molecule has 1 unspecified atom stereocenters. The smallest absolute Gasteiger partial charge is 0.224 e. The number of rotatable bonds is 1. The van der Waals surface area contributed by atoms with Crippen LogP contribution in [-0.4, -0.2) is 26.0 Å². The summed E-state index contributed by atoms with van der Waals surface area (Å²) in [4.78, 5) is 11.0. The monoisotopic (exact) mass is 142 g/mol. The van der Waals surface area contributed by atoms with E-state index in [-0.39, 0.29) is 11.8 Å². The topological polar surface area (TPSA) is 55.2 Å². The predicted octanol–water partition coefficient (Wildman–Crippen LogP) is -1.14. The third kappa shape index (κ3) is 1.68. The lowest BCUT2D eigenvalue weighted by atomic mass is 10.0. The summed E-state index contributed by atoms with van der Waals surface area (Å²) in [6.45, 7) is 1.43. The van der Waals surface area contributed by atoms with Crippen LogP contribution < -0.4 is 16.2 Å². The van der Waals surface area contributed by atoms with E-state index in [9.17, 15) is 4.79 Å². The SMILES string of the molecule is CNC(=O)C1CCN[N]C1. The summed E-state index contributed by atoms with van der Waals surface area (Å²) >= 11 is 0. The second kappa shape index (κ2) is 3.53. The van der Waals surface area contributed by atoms with Crippen molar-refractivity contribution in [2.45, 2.75) is 6.42 Å². The van der Waals surface area contributed by atoms with Gasteiger partial charge in [0.05, 0.1) is 5.92 Å². The van der Waals surface area contributed by atoms with E-state index in [4.69, 9.17) is 0 Å². The number of carbonyl (C=O) groups is 1. The Bertz CT molecular complexity index is 120. The molecule has 4 nitrogen and oxygen atoms in total. The van der Waals surface area contributed by atoms with Crippen molar-refractivity contribution in [3.05, 3.63) is 0 Å². The Kier molecular flexibility index (Phi) is 2.65. The maximum Gasteiger partial charge on any atom is 0.224 e. The molecule has 1 rings (SSSR count). The first kappa shape index (κ1) is 7.50. The lowest BCUT2D eigenvalue weighted by molar-refractivity contribution is -0.125. The average molecular weight is 142 g/mol. The van der Waals surface area contributed by atoms with E-state index >= 15 is 0 Å². The number of hydrogen-bond acceptors (Lipinski definition) is 2. The molecule has 0 aromatic heterocycles. The van der Waals surface area contributed by atoms with Crippen LogP contribution >= 0.6 is 0 Å². The van der Waals surface area contributed by atoms with Crippen LogP contribution in [0.25, 0.3) is 0 Å². The second-order valence-electron chi connectivity index (χ2n) is 2.35. The Balaban J connectivity index is 2.31. The van der Waals surface area contributed by atoms with Gasteiger partial charge in [-0.3, -0.25) is 4.79 Å². The maximum absolute atomic E-state index is 11.0. The minimum absolute atomic E-state index is 0.0891. The fourth-order valence-electron chi connectivity index (χ4n) is 1.00. The molecule has 0 aromatic rings. The van der Waals surface area contributed by atoms with Gasteiger partial charge in [0.25, 0.3) is 0 Å². The standard InChI is InChI=1S/C6H12N3O/c1-7-6(10)5-2-3-8-9-4-5/h5,8H,2-4H2,1H3,(H,7,10). The minimum atomic E-state index is 0.0891. The predicted molar refractivity (Wildman–Crippen MR) is 37.2 cm³/mol. The molecule has 1 heterocycles. The van der Waals surface area contributed by atoms with Crippen molar-refractivity contribution < 1.29 is 4.79 Å². The van der Waals surface area contributed by atoms with Crippen LogP contribution in [0.15, 0.2) is 0 Å². The van der Waals surface area contributed by atoms with Gasteiger partial charge in [0, 0.05) is 20.1 Å². The second-order valence-corrected chi connectivity index (χ2v) is 2.35. The van der Waals surface area contributed by atoms with Crippen molar-refractivity contribution in [2.24, 2.45) is 5.92 Å². The summed E-state index contributed by atoms with van der Waals surface area (Å²) in [5, 5.41) is 2.61. The molecule has 1 fully saturated rings. The van der Waals surface area contributed by atoms with Crippen LogP contribution in [0.4, 0.5) is 0 Å². The molecule has 2 N–H and O–H groups in total. The highest BCUT2D eigenvalue weighted by molar-refractivity contribution is 5.78. The molecule has 0 aliphatic carbocycles. The Labute approximate surface area is 60.3 Å². The van der Waals surface area contributed by atoms with Gasteiger partial charge >= 0.3 is 0 Å². The molecular weight excluding hydrogens is 130 g/mol. The molecule has 1 atom stereocenters. The molecule has 0 aromatic carbocycles. The number of nitrogens with one attached hydrogen (secondary N) is 2. The summed E-state index contributed by atoms with van der Waals surface area (Å²) in [6.07, 6.45) is 0.892. The van der Waals surface area contributed by atoms with E-state index in [1.165, 1.54) is 0 Å². The molecule has 1 amide bonds. The molecule has 1 aliphatic heterocycles. The lowest BCUT2D eigenvalue weighted by Crippen LogP contribution is -2.43. The highest BCUT2D eigenvalue weighted by Crippen LogP contribution is 2.03. The fraction of sp³-hybridized carbons (Fsp3) is 0.833. The molecule has 0 spiro atoms. The molecule has 0 bridgehead atoms. The number of hydrogen-bond donors (Lipinski definition) is 2. The summed E-state index contributed by atoms with van der Waals surface area (Å²) in [6, 6.07) is 0. The number of amides is 1. The maximum atomic E-state index is 11.0. The van der Waals surface area contributed by atoms with Gasteiger partial charge in [0.2, 0.25) is 5.91 Å². The van der Waals surface area contributed by atoms with Crippen LogP contribution in [0.1, 0.15) is 6.42 Å². The van der Waals surface area contributed by atoms with Gasteiger partial charge in [0.1, 0.15) is 0 Å². The van der Waals surface area contributed by atoms with E-state index in [1.54, 1.807) is 7.05 Å². The van der Waals surface area contributed by atoms with Gasteiger partial charge in [0.15, 0.2) is 0 Å². The largest absolute Gasteiger partial charge is 0.359 e. The zero-order chi connectivity index (χ0) is 7.40. The Hall–Kier alpha value is -0.610. The molecule has 0 saturated carbocycles. The van der Waals surface area contributed by atoms with Gasteiger partial charge in [-0.2, -0.15) is 5.43 Å². The van der Waals surface area contributed by atoms with Gasteiger partial charge in [-0.15, -0.1) is 0 Å². The minimum Gasteiger partial charge on any atom is -0.359 e. The Morgan fingerprint density at radius 3 is 3.10 bits per heavy atom. The highest BCUT2D eigenvalue weighted by Gasteiger charge is 2.19. The van der Waals surface area contributed by atoms with Gasteiger partial charge < -0.3 is 5.32 Å². The molecule has 10 heavy (non-hydrogen) atoms. The lowest BCUT2D eigenvalue weighted by Gasteiger charge is -2.19. The molecule has 1 aliphatic rings. The van der Waals surface area contributed by atoms with Gasteiger partial charge in [-0.25, -0.2) is 5.43 Å². The first-order valence-electron chi connectivity index (χ1n) is 3.45. The van der Waals surface area contributed by atoms with Crippen LogP contribution in [0.3, 0.4) is 0 Å². The molecule has 4 heteroatoms. The first-order valence-corrected chi connectivity index (χ1v) is 3.45. The van der Waals surface area contributed by atoms with Crippen molar-refractivity contribution in [3.63, 3.8) is 0 Å². The quantitative estimate of drug-likeness (QED) is 0.486. The zero-order valence-electron chi connectivity index (χ0n) is 6.05. The van der Waals surface area contributed by atoms with E-state index < -0.39 is 0 Å². The normalized spacial score (nSPS) is 25.9. The fourth-order valence-corrected chi connectivity index (χ4v) is 1.00. The van der Waals surface area contributed by atoms with Crippen LogP contribution in [0.2, 0.25) is 0 Å². The van der Waals surface area contributed by atoms with Gasteiger partial charge in [-0.1, -0.05) is 0 Å². The molecular formula is C6H12N3O. The van der Waals surface area contributed by atoms with Crippen molar-refractivity contribution in [2.75, 3.05) is 20.1 Å². The van der Waals surface area contributed by atoms with Crippen LogP contribution in [0, 0.1) is 5.92 Å². The van der Waals surface area contributed by atoms with Crippen molar-refractivity contribution in [3.8, 4) is 0 Å². The third-order valence-corrected chi connectivity index (χ3v) is 1.65. The number of nitrogens with zero attached hydrogens (tertiary/aromatic N) is 1. The highest BCUT2D eigenvalue weighted by atomic mass is 16.1. The summed E-state index contributed by atoms with van der Waals surface area (Å²) in [5.74, 6) is 0.191. The van der Waals surface area contributed by atoms with Crippen LogP contribution in [0.5, 0.6) is 0 Å². The summed E-state index contributed by atoms with van der Waals surface area (Å²) in [5.41, 5.74) is 6.76. The van der Waals surface area contributed by atoms with Crippen molar-refractivity contribution in [1.82, 2.24) is 16.2 Å². The summed E-state index contributed by atoms with van der Waals surface area (Å²) < 4.78 is 0. The Morgan fingerprint density at radius 2 is 2.60 bits per heavy atom. The first-order chi connectivity index (χ1) is 4.84. The number of carbonyl (C=O) groups excluding carboxylic acids is 1. The van der Waals surface area contributed by atoms with E-state index in [2.05, 4.69) is 16.2 Å². The van der Waals surface area contributed by atoms with Crippen molar-refractivity contribution in [1.29, 1.82) is 0 Å². The molecule has 57 valence electrons. The molecule has 1 radical (unpaired) electrons.